The molecule has 0 bridgehead atoms. The highest BCUT2D eigenvalue weighted by Gasteiger charge is 2.20. The van der Waals surface area contributed by atoms with E-state index in [1.807, 2.05) is 0 Å². The fraction of sp³-hybridized carbons (Fsp3) is 0.385. The van der Waals surface area contributed by atoms with Gasteiger partial charge in [0.25, 0.3) is 0 Å². The molecule has 18 heteroatoms. The van der Waals surface area contributed by atoms with Crippen molar-refractivity contribution < 1.29 is 59.5 Å². The molecular formula is C26H36N6O12. The van der Waals surface area contributed by atoms with Gasteiger partial charge in [-0.15, -0.1) is 0 Å². The van der Waals surface area contributed by atoms with Crippen LogP contribution >= 0.6 is 0 Å². The molecule has 242 valence electrons. The summed E-state index contributed by atoms with van der Waals surface area (Å²) in [6.07, 6.45) is 0.242. The number of guanidine groups is 1. The number of carbonyl (C=O) groups is 3. The Morgan fingerprint density at radius 1 is 0.818 bits per heavy atom. The summed E-state index contributed by atoms with van der Waals surface area (Å²) in [5, 5.41) is 47.4. The van der Waals surface area contributed by atoms with Gasteiger partial charge in [-0.05, 0) is 73.9 Å². The SMILES string of the molecule is NC(=NCCCC(NC(=O)Oc1cccc(CCCON(O)O)c1)C(=O)O)NC(=O)Oc1cccc(CCCON(O)O)c1. The number of carboxylic acids is 1. The van der Waals surface area contributed by atoms with Crippen molar-refractivity contribution in [1.82, 2.24) is 21.4 Å². The third kappa shape index (κ3) is 15.7. The van der Waals surface area contributed by atoms with Crippen molar-refractivity contribution in [2.45, 2.75) is 44.6 Å². The Bertz CT molecular complexity index is 1230. The summed E-state index contributed by atoms with van der Waals surface area (Å²) >= 11 is 0. The molecule has 2 amide bonds. The molecule has 0 saturated carbocycles. The minimum Gasteiger partial charge on any atom is -0.480 e. The van der Waals surface area contributed by atoms with Gasteiger partial charge < -0.3 is 25.6 Å². The molecule has 44 heavy (non-hydrogen) atoms. The minimum atomic E-state index is -1.28. The predicted octanol–water partition coefficient (Wildman–Crippen LogP) is 2.00. The highest BCUT2D eigenvalue weighted by molar-refractivity contribution is 5.93. The maximum absolute atomic E-state index is 12.3. The first kappa shape index (κ1) is 35.8. The van der Waals surface area contributed by atoms with E-state index in [1.165, 1.54) is 6.07 Å². The predicted molar refractivity (Wildman–Crippen MR) is 148 cm³/mol. The van der Waals surface area contributed by atoms with Gasteiger partial charge in [0.15, 0.2) is 5.96 Å². The van der Waals surface area contributed by atoms with Crippen molar-refractivity contribution in [1.29, 1.82) is 0 Å². The monoisotopic (exact) mass is 624 g/mol. The normalized spacial score (nSPS) is 12.2. The number of aryl methyl sites for hydroxylation is 2. The lowest BCUT2D eigenvalue weighted by atomic mass is 10.1. The minimum absolute atomic E-state index is 0.00902. The van der Waals surface area contributed by atoms with E-state index in [2.05, 4.69) is 25.3 Å². The molecule has 0 fully saturated rings. The van der Waals surface area contributed by atoms with Crippen LogP contribution in [0.15, 0.2) is 53.5 Å². The number of nitrogens with two attached hydrogens (primary N) is 1. The molecule has 9 N–H and O–H groups in total. The number of benzene rings is 2. The Labute approximate surface area is 251 Å². The van der Waals surface area contributed by atoms with Crippen molar-refractivity contribution in [3.8, 4) is 11.5 Å². The Morgan fingerprint density at radius 2 is 1.34 bits per heavy atom. The number of hydrogen-bond acceptors (Lipinski definition) is 14. The number of aliphatic carboxylic acids is 1. The molecule has 0 radical (unpaired) electrons. The number of nitrogens with one attached hydrogen (secondary N) is 2. The number of amides is 2. The summed E-state index contributed by atoms with van der Waals surface area (Å²) in [4.78, 5) is 49.0. The number of nitrogens with zero attached hydrogens (tertiary/aromatic N) is 3. The third-order valence-electron chi connectivity index (χ3n) is 5.60. The van der Waals surface area contributed by atoms with E-state index in [9.17, 15) is 19.5 Å². The molecule has 0 aliphatic rings. The van der Waals surface area contributed by atoms with Crippen molar-refractivity contribution in [2.24, 2.45) is 10.7 Å². The third-order valence-corrected chi connectivity index (χ3v) is 5.60. The van der Waals surface area contributed by atoms with Crippen LogP contribution in [0.2, 0.25) is 0 Å². The van der Waals surface area contributed by atoms with E-state index in [0.29, 0.717) is 25.7 Å². The molecule has 0 spiro atoms. The number of carbonyl (C=O) groups excluding carboxylic acids is 2. The summed E-state index contributed by atoms with van der Waals surface area (Å²) in [6, 6.07) is 11.9. The van der Waals surface area contributed by atoms with Gasteiger partial charge in [-0.1, -0.05) is 24.3 Å². The van der Waals surface area contributed by atoms with Crippen LogP contribution in [-0.4, -0.2) is 86.6 Å². The van der Waals surface area contributed by atoms with Crippen LogP contribution in [0.5, 0.6) is 11.5 Å². The molecule has 2 aromatic rings. The molecule has 0 saturated heterocycles. The number of rotatable bonds is 18. The maximum atomic E-state index is 12.3. The fourth-order valence-electron chi connectivity index (χ4n) is 3.68. The Balaban J connectivity index is 1.74. The molecular weight excluding hydrogens is 588 g/mol. The van der Waals surface area contributed by atoms with Gasteiger partial charge in [-0.2, -0.15) is 0 Å². The van der Waals surface area contributed by atoms with Gasteiger partial charge in [0.2, 0.25) is 0 Å². The van der Waals surface area contributed by atoms with E-state index in [-0.39, 0.29) is 60.8 Å². The first-order valence-corrected chi connectivity index (χ1v) is 13.3. The van der Waals surface area contributed by atoms with Crippen molar-refractivity contribution in [2.75, 3.05) is 19.8 Å². The second-order valence-corrected chi connectivity index (χ2v) is 9.02. The number of aliphatic imine (C=N–C) groups is 1. The summed E-state index contributed by atoms with van der Waals surface area (Å²) in [7, 11) is 0. The van der Waals surface area contributed by atoms with Crippen LogP contribution in [-0.2, 0) is 27.3 Å². The molecule has 18 nitrogen and oxygen atoms in total. The first-order valence-electron chi connectivity index (χ1n) is 13.3. The Morgan fingerprint density at radius 3 is 1.84 bits per heavy atom. The molecule has 0 heterocycles. The van der Waals surface area contributed by atoms with Crippen LogP contribution in [0.25, 0.3) is 0 Å². The number of hydrogen-bond donors (Lipinski definition) is 8. The van der Waals surface area contributed by atoms with Crippen molar-refractivity contribution >= 4 is 24.1 Å². The highest BCUT2D eigenvalue weighted by Crippen LogP contribution is 2.16. The second-order valence-electron chi connectivity index (χ2n) is 9.02. The van der Waals surface area contributed by atoms with Crippen LogP contribution in [0.3, 0.4) is 0 Å². The first-order chi connectivity index (χ1) is 21.0. The zero-order valence-electron chi connectivity index (χ0n) is 23.6. The summed E-state index contributed by atoms with van der Waals surface area (Å²) in [5.74, 6) is -1.11. The quantitative estimate of drug-likeness (QED) is 0.0510. The van der Waals surface area contributed by atoms with Crippen LogP contribution < -0.4 is 25.8 Å². The van der Waals surface area contributed by atoms with Gasteiger partial charge in [0.1, 0.15) is 17.5 Å². The Hall–Kier alpha value is -4.40. The van der Waals surface area contributed by atoms with Gasteiger partial charge in [-0.25, -0.2) is 14.4 Å². The summed E-state index contributed by atoms with van der Waals surface area (Å²) in [5.41, 5.74) is 7.30. The van der Waals surface area contributed by atoms with Crippen LogP contribution in [0.1, 0.15) is 36.8 Å². The number of ether oxygens (including phenoxy) is 2. The Kier molecular flexibility index (Phi) is 16.0. The summed E-state index contributed by atoms with van der Waals surface area (Å²) in [6.45, 7) is 0.144. The van der Waals surface area contributed by atoms with E-state index in [1.54, 1.807) is 42.5 Å². The van der Waals surface area contributed by atoms with E-state index < -0.39 is 24.2 Å². The zero-order chi connectivity index (χ0) is 32.3. The second kappa shape index (κ2) is 19.7. The van der Waals surface area contributed by atoms with Gasteiger partial charge in [-0.3, -0.25) is 40.8 Å². The van der Waals surface area contributed by atoms with Crippen molar-refractivity contribution in [3.05, 3.63) is 59.7 Å². The highest BCUT2D eigenvalue weighted by atomic mass is 17.1. The largest absolute Gasteiger partial charge is 0.480 e. The molecule has 1 unspecified atom stereocenters. The van der Waals surface area contributed by atoms with E-state index in [4.69, 9.17) is 36.0 Å². The standard InChI is InChI=1S/C26H36N6O12/c27-24(30-26(36)44-21-11-2-7-19(17-21)9-5-15-42-32(39)40)28-13-3-12-22(23(33)34)29-25(35)43-20-10-1-6-18(16-20)8-4-14-41-31(37)38/h1-2,6-7,10-11,16-17,22,37-40H,3-5,8-9,12-15H2,(H,29,35)(H,33,34)(H3,27,28,30,36). The zero-order valence-corrected chi connectivity index (χ0v) is 23.6. The average Bonchev–Trinajstić information content (AvgIpc) is 2.95. The lowest BCUT2D eigenvalue weighted by Gasteiger charge is -2.14. The van der Waals surface area contributed by atoms with Crippen LogP contribution in [0, 0.1) is 0 Å². The smallest absolute Gasteiger partial charge is 0.419 e. The average molecular weight is 625 g/mol. The molecule has 0 aliphatic carbocycles. The lowest BCUT2D eigenvalue weighted by Crippen LogP contribution is -2.42. The number of carboxylic acid groups (broad SMARTS) is 1. The van der Waals surface area contributed by atoms with E-state index in [0.717, 1.165) is 11.1 Å². The van der Waals surface area contributed by atoms with Gasteiger partial charge >= 0.3 is 18.2 Å². The molecule has 0 aliphatic heterocycles. The van der Waals surface area contributed by atoms with E-state index >= 15 is 0 Å². The van der Waals surface area contributed by atoms with Crippen LogP contribution in [0.4, 0.5) is 9.59 Å². The lowest BCUT2D eigenvalue weighted by molar-refractivity contribution is -0.492. The van der Waals surface area contributed by atoms with Gasteiger partial charge in [0.05, 0.1) is 24.0 Å². The molecule has 2 rings (SSSR count). The molecule has 0 aromatic heterocycles. The fourth-order valence-corrected chi connectivity index (χ4v) is 3.68. The maximum Gasteiger partial charge on any atom is 0.419 e. The summed E-state index contributed by atoms with van der Waals surface area (Å²) < 4.78 is 10.4. The van der Waals surface area contributed by atoms with Gasteiger partial charge in [0, 0.05) is 6.54 Å². The molecule has 1 atom stereocenters. The van der Waals surface area contributed by atoms with Crippen molar-refractivity contribution in [3.63, 3.8) is 0 Å². The molecule has 2 aromatic carbocycles. The topological polar surface area (TPSA) is 258 Å².